The van der Waals surface area contributed by atoms with E-state index in [0.29, 0.717) is 25.7 Å². The average Bonchev–Trinajstić information content (AvgIpc) is 2.56. The number of alkyl halides is 1. The van der Waals surface area contributed by atoms with Gasteiger partial charge < -0.3 is 9.64 Å². The van der Waals surface area contributed by atoms with Gasteiger partial charge in [0, 0.05) is 6.42 Å². The van der Waals surface area contributed by atoms with Crippen molar-refractivity contribution < 1.29 is 23.5 Å². The number of imide groups is 1. The van der Waals surface area contributed by atoms with E-state index in [1.807, 2.05) is 24.3 Å². The van der Waals surface area contributed by atoms with Crippen molar-refractivity contribution >= 4 is 17.9 Å². The molecule has 2 aliphatic heterocycles. The first-order valence-electron chi connectivity index (χ1n) is 9.64. The first kappa shape index (κ1) is 20.3. The van der Waals surface area contributed by atoms with Crippen LogP contribution in [0.1, 0.15) is 57.1 Å². The van der Waals surface area contributed by atoms with E-state index in [4.69, 9.17) is 4.74 Å². The van der Waals surface area contributed by atoms with Crippen LogP contribution in [-0.4, -0.2) is 47.2 Å². The maximum Gasteiger partial charge on any atom is 0.410 e. The van der Waals surface area contributed by atoms with Crippen molar-refractivity contribution in [3.63, 3.8) is 0 Å². The maximum atomic E-state index is 14.8. The topological polar surface area (TPSA) is 75.7 Å². The maximum absolute atomic E-state index is 14.8. The third kappa shape index (κ3) is 4.88. The van der Waals surface area contributed by atoms with Crippen LogP contribution in [0.5, 0.6) is 0 Å². The molecule has 28 heavy (non-hydrogen) atoms. The minimum absolute atomic E-state index is 0.0519. The van der Waals surface area contributed by atoms with Gasteiger partial charge in [-0.3, -0.25) is 14.9 Å². The number of hydrogen-bond donors (Lipinski definition) is 1. The van der Waals surface area contributed by atoms with Crippen molar-refractivity contribution in [3.05, 3.63) is 35.4 Å². The Morgan fingerprint density at radius 1 is 1.25 bits per heavy atom. The average molecular weight is 390 g/mol. The molecule has 2 saturated heterocycles. The molecular weight excluding hydrogens is 363 g/mol. The van der Waals surface area contributed by atoms with Crippen molar-refractivity contribution in [1.82, 2.24) is 10.2 Å². The number of likely N-dealkylation sites (tertiary alicyclic amines) is 1. The molecule has 1 N–H and O–H groups in total. The summed E-state index contributed by atoms with van der Waals surface area (Å²) >= 11 is 0. The molecule has 2 aliphatic rings. The fourth-order valence-electron chi connectivity index (χ4n) is 3.55. The molecule has 0 saturated carbocycles. The highest BCUT2D eigenvalue weighted by Gasteiger charge is 2.46. The SMILES string of the molecule is CC(C)(C)OC(=O)N1CC(F)(CCc2ccc([C@@H]3CCC(=O)NC3=O)cc2)C1. The number of piperidine rings is 1. The van der Waals surface area contributed by atoms with Crippen LogP contribution in [-0.2, 0) is 20.7 Å². The smallest absolute Gasteiger partial charge is 0.410 e. The van der Waals surface area contributed by atoms with Crippen LogP contribution >= 0.6 is 0 Å². The normalized spacial score (nSPS) is 21.7. The Labute approximate surface area is 164 Å². The molecular formula is C21H27FN2O4. The van der Waals surface area contributed by atoms with Gasteiger partial charge in [0.15, 0.2) is 0 Å². The van der Waals surface area contributed by atoms with E-state index < -0.39 is 17.4 Å². The minimum Gasteiger partial charge on any atom is -0.444 e. The highest BCUT2D eigenvalue weighted by atomic mass is 19.1. The summed E-state index contributed by atoms with van der Waals surface area (Å²) in [7, 11) is 0. The van der Waals surface area contributed by atoms with Crippen LogP contribution in [0.4, 0.5) is 9.18 Å². The van der Waals surface area contributed by atoms with Gasteiger partial charge in [-0.15, -0.1) is 0 Å². The van der Waals surface area contributed by atoms with Crippen LogP contribution in [0.25, 0.3) is 0 Å². The Morgan fingerprint density at radius 2 is 1.89 bits per heavy atom. The first-order valence-corrected chi connectivity index (χ1v) is 9.64. The van der Waals surface area contributed by atoms with Crippen LogP contribution in [0, 0.1) is 0 Å². The Morgan fingerprint density at radius 3 is 2.46 bits per heavy atom. The fourth-order valence-corrected chi connectivity index (χ4v) is 3.55. The van der Waals surface area contributed by atoms with Crippen molar-refractivity contribution in [2.45, 2.75) is 63.6 Å². The van der Waals surface area contributed by atoms with Crippen LogP contribution in [0.15, 0.2) is 24.3 Å². The molecule has 2 heterocycles. The van der Waals surface area contributed by atoms with Gasteiger partial charge >= 0.3 is 6.09 Å². The van der Waals surface area contributed by atoms with Crippen LogP contribution < -0.4 is 5.32 Å². The lowest BCUT2D eigenvalue weighted by molar-refractivity contribution is -0.134. The van der Waals surface area contributed by atoms with Crippen LogP contribution in [0.2, 0.25) is 0 Å². The molecule has 0 spiro atoms. The Kier molecular flexibility index (Phi) is 5.46. The quantitative estimate of drug-likeness (QED) is 0.802. The summed E-state index contributed by atoms with van der Waals surface area (Å²) in [5.74, 6) is -0.802. The second-order valence-corrected chi connectivity index (χ2v) is 8.73. The van der Waals surface area contributed by atoms with E-state index in [-0.39, 0.29) is 30.8 Å². The molecule has 6 nitrogen and oxygen atoms in total. The van der Waals surface area contributed by atoms with E-state index in [1.165, 1.54) is 4.90 Å². The number of rotatable bonds is 4. The van der Waals surface area contributed by atoms with Crippen molar-refractivity contribution in [2.24, 2.45) is 0 Å². The molecule has 0 aromatic heterocycles. The summed E-state index contributed by atoms with van der Waals surface area (Å²) in [4.78, 5) is 36.5. The lowest BCUT2D eigenvalue weighted by Crippen LogP contribution is -2.61. The largest absolute Gasteiger partial charge is 0.444 e. The predicted molar refractivity (Wildman–Crippen MR) is 102 cm³/mol. The number of aryl methyl sites for hydroxylation is 1. The van der Waals surface area contributed by atoms with Gasteiger partial charge in [0.1, 0.15) is 11.3 Å². The molecule has 152 valence electrons. The molecule has 3 amide bonds. The molecule has 1 atom stereocenters. The Balaban J connectivity index is 1.49. The monoisotopic (exact) mass is 390 g/mol. The number of nitrogens with one attached hydrogen (secondary N) is 1. The Hall–Kier alpha value is -2.44. The second-order valence-electron chi connectivity index (χ2n) is 8.73. The van der Waals surface area contributed by atoms with E-state index >= 15 is 0 Å². The summed E-state index contributed by atoms with van der Waals surface area (Å²) in [5, 5.41) is 2.36. The number of ether oxygens (including phenoxy) is 1. The third-order valence-electron chi connectivity index (χ3n) is 5.08. The summed E-state index contributed by atoms with van der Waals surface area (Å²) in [6.07, 6.45) is 1.25. The van der Waals surface area contributed by atoms with E-state index in [2.05, 4.69) is 5.32 Å². The van der Waals surface area contributed by atoms with Gasteiger partial charge in [-0.2, -0.15) is 0 Å². The van der Waals surface area contributed by atoms with Gasteiger partial charge in [0.2, 0.25) is 11.8 Å². The number of benzene rings is 1. The zero-order valence-electron chi connectivity index (χ0n) is 16.6. The minimum atomic E-state index is -1.39. The molecule has 2 fully saturated rings. The highest BCUT2D eigenvalue weighted by molar-refractivity contribution is 6.00. The van der Waals surface area contributed by atoms with Gasteiger partial charge in [0.25, 0.3) is 0 Å². The molecule has 3 rings (SSSR count). The highest BCUT2D eigenvalue weighted by Crippen LogP contribution is 2.32. The van der Waals surface area contributed by atoms with E-state index in [0.717, 1.165) is 11.1 Å². The van der Waals surface area contributed by atoms with Crippen molar-refractivity contribution in [1.29, 1.82) is 0 Å². The fraction of sp³-hybridized carbons (Fsp3) is 0.571. The van der Waals surface area contributed by atoms with Crippen molar-refractivity contribution in [2.75, 3.05) is 13.1 Å². The Bertz CT molecular complexity index is 764. The van der Waals surface area contributed by atoms with Gasteiger partial charge in [0.05, 0.1) is 19.0 Å². The number of amides is 3. The van der Waals surface area contributed by atoms with Gasteiger partial charge in [-0.1, -0.05) is 24.3 Å². The molecule has 0 bridgehead atoms. The first-order chi connectivity index (χ1) is 13.0. The summed E-state index contributed by atoms with van der Waals surface area (Å²) in [6, 6.07) is 7.53. The second kappa shape index (κ2) is 7.53. The number of carbonyl (C=O) groups is 3. The molecule has 0 radical (unpaired) electrons. The summed E-state index contributed by atoms with van der Waals surface area (Å²) in [5.41, 5.74) is -0.137. The van der Waals surface area contributed by atoms with E-state index in [9.17, 15) is 18.8 Å². The van der Waals surface area contributed by atoms with Gasteiger partial charge in [-0.05, 0) is 51.2 Å². The number of hydrogen-bond acceptors (Lipinski definition) is 4. The zero-order chi connectivity index (χ0) is 20.5. The summed E-state index contributed by atoms with van der Waals surface area (Å²) in [6.45, 7) is 5.45. The lowest BCUT2D eigenvalue weighted by Gasteiger charge is -2.44. The lowest BCUT2D eigenvalue weighted by atomic mass is 9.87. The zero-order valence-corrected chi connectivity index (χ0v) is 16.6. The molecule has 0 aliphatic carbocycles. The number of nitrogens with zero attached hydrogens (tertiary/aromatic N) is 1. The van der Waals surface area contributed by atoms with Crippen LogP contribution in [0.3, 0.4) is 0 Å². The summed E-state index contributed by atoms with van der Waals surface area (Å²) < 4.78 is 20.0. The molecule has 1 aromatic rings. The van der Waals surface area contributed by atoms with Crippen molar-refractivity contribution in [3.8, 4) is 0 Å². The number of halogens is 1. The predicted octanol–water partition coefficient (Wildman–Crippen LogP) is 3.10. The molecule has 0 unspecified atom stereocenters. The molecule has 1 aromatic carbocycles. The van der Waals surface area contributed by atoms with E-state index in [1.54, 1.807) is 20.8 Å². The standard InChI is InChI=1S/C21H27FN2O4/c1-20(2,3)28-19(27)24-12-21(22,13-24)11-10-14-4-6-15(7-5-14)16-8-9-17(25)23-18(16)26/h4-7,16H,8-13H2,1-3H3,(H,23,25,26)/t16-/m0/s1. The third-order valence-corrected chi connectivity index (χ3v) is 5.08. The van der Waals surface area contributed by atoms with Gasteiger partial charge in [-0.25, -0.2) is 9.18 Å². The number of carbonyl (C=O) groups excluding carboxylic acids is 3. The molecule has 7 heteroatoms.